The van der Waals surface area contributed by atoms with Crippen LogP contribution in [0.2, 0.25) is 0 Å². The molecule has 0 atom stereocenters. The number of para-hydroxylation sites is 1. The molecule has 2 aliphatic carbocycles. The first kappa shape index (κ1) is 17.9. The molecule has 1 aromatic heterocycles. The Morgan fingerprint density at radius 3 is 2.61 bits per heavy atom. The monoisotopic (exact) mass is 379 g/mol. The molecule has 1 aliphatic heterocycles. The number of benzene rings is 1. The number of rotatable bonds is 5. The lowest BCUT2D eigenvalue weighted by Gasteiger charge is -2.33. The first-order valence-electron chi connectivity index (χ1n) is 10.7. The summed E-state index contributed by atoms with van der Waals surface area (Å²) in [6.07, 6.45) is 5.71. The van der Waals surface area contributed by atoms with Crippen LogP contribution in [0.25, 0.3) is 10.9 Å². The van der Waals surface area contributed by atoms with Crippen LogP contribution in [-0.4, -0.2) is 46.1 Å². The van der Waals surface area contributed by atoms with E-state index < -0.39 is 0 Å². The van der Waals surface area contributed by atoms with Gasteiger partial charge in [0.1, 0.15) is 5.82 Å². The van der Waals surface area contributed by atoms with E-state index in [0.717, 1.165) is 73.9 Å². The predicted octanol–water partition coefficient (Wildman–Crippen LogP) is 3.41. The number of carbonyl (C=O) groups excluding carboxylic acids is 1. The number of carbonyl (C=O) groups is 1. The summed E-state index contributed by atoms with van der Waals surface area (Å²) in [6.45, 7) is 4.40. The fourth-order valence-corrected chi connectivity index (χ4v) is 4.37. The van der Waals surface area contributed by atoms with E-state index in [4.69, 9.17) is 4.98 Å². The molecule has 1 amide bonds. The Morgan fingerprint density at radius 1 is 1.18 bits per heavy atom. The molecule has 2 heterocycles. The van der Waals surface area contributed by atoms with E-state index in [1.807, 2.05) is 0 Å². The molecule has 148 valence electrons. The number of nitrogens with zero attached hydrogens (tertiary/aromatic N) is 3. The minimum atomic E-state index is -0.207. The smallest absolute Gasteiger partial charge is 0.226 e. The fraction of sp³-hybridized carbons (Fsp3) is 0.565. The number of anilines is 1. The summed E-state index contributed by atoms with van der Waals surface area (Å²) >= 11 is 0. The van der Waals surface area contributed by atoms with E-state index in [2.05, 4.69) is 41.0 Å². The Hall–Kier alpha value is -2.14. The van der Waals surface area contributed by atoms with Crippen molar-refractivity contribution >= 4 is 22.6 Å². The summed E-state index contributed by atoms with van der Waals surface area (Å²) in [5, 5.41) is 11.1. The summed E-state index contributed by atoms with van der Waals surface area (Å²) in [4.78, 5) is 22.4. The van der Waals surface area contributed by atoms with Gasteiger partial charge >= 0.3 is 0 Å². The molecule has 5 rings (SSSR count). The Morgan fingerprint density at radius 2 is 1.93 bits per heavy atom. The van der Waals surface area contributed by atoms with Crippen LogP contribution < -0.4 is 4.90 Å². The van der Waals surface area contributed by atoms with Crippen molar-refractivity contribution in [3.63, 3.8) is 0 Å². The molecular weight excluding hydrogens is 350 g/mol. The zero-order chi connectivity index (χ0) is 19.3. The van der Waals surface area contributed by atoms with Crippen molar-refractivity contribution in [2.75, 3.05) is 18.0 Å². The largest absolute Gasteiger partial charge is 0.393 e. The van der Waals surface area contributed by atoms with Crippen LogP contribution in [-0.2, 0) is 11.3 Å². The zero-order valence-corrected chi connectivity index (χ0v) is 16.6. The van der Waals surface area contributed by atoms with Crippen molar-refractivity contribution in [1.82, 2.24) is 9.88 Å². The van der Waals surface area contributed by atoms with E-state index in [-0.39, 0.29) is 12.0 Å². The van der Waals surface area contributed by atoms with Crippen molar-refractivity contribution < 1.29 is 9.90 Å². The van der Waals surface area contributed by atoms with Crippen LogP contribution in [0.15, 0.2) is 24.3 Å². The molecular formula is C23H29N3O2. The number of amides is 1. The van der Waals surface area contributed by atoms with Crippen LogP contribution in [0.1, 0.15) is 49.7 Å². The van der Waals surface area contributed by atoms with Gasteiger partial charge in [-0.25, -0.2) is 4.98 Å². The third kappa shape index (κ3) is 3.48. The molecule has 2 saturated carbocycles. The molecule has 0 bridgehead atoms. The molecule has 1 aromatic carbocycles. The lowest BCUT2D eigenvalue weighted by atomic mass is 10.0. The summed E-state index contributed by atoms with van der Waals surface area (Å²) in [5.74, 6) is 1.60. The van der Waals surface area contributed by atoms with Gasteiger partial charge in [0.05, 0.1) is 11.6 Å². The first-order chi connectivity index (χ1) is 13.6. The van der Waals surface area contributed by atoms with Crippen molar-refractivity contribution in [1.29, 1.82) is 0 Å². The van der Waals surface area contributed by atoms with Crippen molar-refractivity contribution in [2.24, 2.45) is 5.92 Å². The van der Waals surface area contributed by atoms with Gasteiger partial charge < -0.3 is 14.9 Å². The number of piperidine rings is 1. The second-order valence-corrected chi connectivity index (χ2v) is 8.81. The van der Waals surface area contributed by atoms with Crippen LogP contribution in [0.3, 0.4) is 0 Å². The lowest BCUT2D eigenvalue weighted by molar-refractivity contribution is -0.133. The average molecular weight is 380 g/mol. The average Bonchev–Trinajstić information content (AvgIpc) is 3.59. The zero-order valence-electron chi connectivity index (χ0n) is 16.6. The van der Waals surface area contributed by atoms with Gasteiger partial charge in [-0.2, -0.15) is 0 Å². The molecule has 2 aromatic rings. The highest BCUT2D eigenvalue weighted by Crippen LogP contribution is 2.38. The minimum Gasteiger partial charge on any atom is -0.393 e. The molecule has 3 fully saturated rings. The molecule has 28 heavy (non-hydrogen) atoms. The molecule has 5 nitrogen and oxygen atoms in total. The Bertz CT molecular complexity index is 896. The van der Waals surface area contributed by atoms with E-state index in [1.165, 1.54) is 5.56 Å². The predicted molar refractivity (Wildman–Crippen MR) is 110 cm³/mol. The molecule has 0 radical (unpaired) electrons. The third-order valence-corrected chi connectivity index (χ3v) is 6.41. The molecule has 1 N–H and O–H groups in total. The number of pyridine rings is 1. The molecule has 0 spiro atoms. The highest BCUT2D eigenvalue weighted by atomic mass is 16.3. The van der Waals surface area contributed by atoms with Crippen molar-refractivity contribution in [2.45, 2.75) is 64.1 Å². The number of aliphatic hydroxyl groups is 1. The van der Waals surface area contributed by atoms with Gasteiger partial charge in [-0.1, -0.05) is 18.2 Å². The number of hydrogen-bond donors (Lipinski definition) is 1. The first-order valence-corrected chi connectivity index (χ1v) is 10.7. The standard InChI is InChI=1S/C23H29N3O2/c1-15-3-2-4-17-13-18(14-26(19-7-8-19)23(28)16-5-6-16)22(24-21(15)17)25-11-9-20(27)10-12-25/h2-4,13,16,19-20,27H,5-12,14H2,1H3. The maximum atomic E-state index is 12.9. The van der Waals surface area contributed by atoms with E-state index in [0.29, 0.717) is 18.5 Å². The van der Waals surface area contributed by atoms with Crippen molar-refractivity contribution in [3.8, 4) is 0 Å². The van der Waals surface area contributed by atoms with Crippen molar-refractivity contribution in [3.05, 3.63) is 35.4 Å². The summed E-state index contributed by atoms with van der Waals surface area (Å²) in [7, 11) is 0. The number of hydrogen-bond acceptors (Lipinski definition) is 4. The third-order valence-electron chi connectivity index (χ3n) is 6.41. The second kappa shape index (κ2) is 7.03. The maximum absolute atomic E-state index is 12.9. The van der Waals surface area contributed by atoms with Crippen LogP contribution >= 0.6 is 0 Å². The van der Waals surface area contributed by atoms with Crippen LogP contribution in [0.5, 0.6) is 0 Å². The van der Waals surface area contributed by atoms with Gasteiger partial charge in [0.15, 0.2) is 0 Å². The number of aromatic nitrogens is 1. The van der Waals surface area contributed by atoms with Crippen LogP contribution in [0.4, 0.5) is 5.82 Å². The quantitative estimate of drug-likeness (QED) is 0.865. The Balaban J connectivity index is 1.53. The van der Waals surface area contributed by atoms with Gasteiger partial charge in [0, 0.05) is 42.5 Å². The molecule has 0 unspecified atom stereocenters. The fourth-order valence-electron chi connectivity index (χ4n) is 4.37. The number of aryl methyl sites for hydroxylation is 1. The SMILES string of the molecule is Cc1cccc2cc(CN(C(=O)C3CC3)C3CC3)c(N3CCC(O)CC3)nc12. The lowest BCUT2D eigenvalue weighted by Crippen LogP contribution is -2.38. The van der Waals surface area contributed by atoms with Gasteiger partial charge in [-0.3, -0.25) is 4.79 Å². The maximum Gasteiger partial charge on any atom is 0.226 e. The highest BCUT2D eigenvalue weighted by molar-refractivity contribution is 5.85. The van der Waals surface area contributed by atoms with E-state index >= 15 is 0 Å². The molecule has 5 heteroatoms. The topological polar surface area (TPSA) is 56.7 Å². The molecule has 3 aliphatic rings. The van der Waals surface area contributed by atoms with E-state index in [1.54, 1.807) is 0 Å². The van der Waals surface area contributed by atoms with Gasteiger partial charge in [0.25, 0.3) is 0 Å². The number of fused-ring (bicyclic) bond motifs is 1. The Kier molecular flexibility index (Phi) is 4.50. The second-order valence-electron chi connectivity index (χ2n) is 8.81. The van der Waals surface area contributed by atoms with Gasteiger partial charge in [-0.15, -0.1) is 0 Å². The van der Waals surface area contributed by atoms with Gasteiger partial charge in [0.2, 0.25) is 5.91 Å². The highest BCUT2D eigenvalue weighted by Gasteiger charge is 2.40. The minimum absolute atomic E-state index is 0.207. The van der Waals surface area contributed by atoms with Gasteiger partial charge in [-0.05, 0) is 57.1 Å². The molecule has 1 saturated heterocycles. The van der Waals surface area contributed by atoms with Crippen LogP contribution in [0, 0.1) is 12.8 Å². The number of aliphatic hydroxyl groups excluding tert-OH is 1. The summed E-state index contributed by atoms with van der Waals surface area (Å²) < 4.78 is 0. The summed E-state index contributed by atoms with van der Waals surface area (Å²) in [6, 6.07) is 8.95. The van der Waals surface area contributed by atoms with E-state index in [9.17, 15) is 9.90 Å². The summed E-state index contributed by atoms with van der Waals surface area (Å²) in [5.41, 5.74) is 3.37. The Labute approximate surface area is 166 Å². The normalized spacial score (nSPS) is 20.6.